The summed E-state index contributed by atoms with van der Waals surface area (Å²) in [7, 11) is 0. The molecular formula is C17H27NO3. The first-order valence-electron chi connectivity index (χ1n) is 9.53. The van der Waals surface area contributed by atoms with E-state index in [1.54, 1.807) is 6.07 Å². The molecule has 0 fully saturated rings. The third-order valence-corrected chi connectivity index (χ3v) is 3.36. The maximum absolute atomic E-state index is 11.2. The van der Waals surface area contributed by atoms with Crippen molar-refractivity contribution < 1.29 is 15.5 Å². The van der Waals surface area contributed by atoms with E-state index in [9.17, 15) is 15.2 Å². The number of nitrogens with zero attached hydrogens (tertiary/aromatic N) is 1. The van der Waals surface area contributed by atoms with Gasteiger partial charge in [0.15, 0.2) is 5.60 Å². The number of unbranched alkanes of at least 4 members (excludes halogenated alkanes) is 5. The Hall–Kier alpha value is -1.42. The Bertz CT molecular complexity index is 554. The van der Waals surface area contributed by atoms with Crippen molar-refractivity contribution in [3.05, 3.63) is 46.0 Å². The molecule has 1 N–H and O–H groups in total. The second-order valence-electron chi connectivity index (χ2n) is 5.14. The summed E-state index contributed by atoms with van der Waals surface area (Å²) in [6, 6.07) is 7.25. The van der Waals surface area contributed by atoms with Crippen LogP contribution in [0.15, 0.2) is 30.3 Å². The van der Waals surface area contributed by atoms with Crippen LogP contribution in [0.4, 0.5) is 0 Å². The third-order valence-electron chi connectivity index (χ3n) is 3.36. The Balaban J connectivity index is 3.05. The van der Waals surface area contributed by atoms with Crippen molar-refractivity contribution in [2.75, 3.05) is 6.50 Å². The summed E-state index contributed by atoms with van der Waals surface area (Å²) in [5.41, 5.74) is -3.01. The summed E-state index contributed by atoms with van der Waals surface area (Å²) in [6.45, 7) is -1.27. The number of benzene rings is 1. The molecule has 0 radical (unpaired) electrons. The Morgan fingerprint density at radius 1 is 1.14 bits per heavy atom. The van der Waals surface area contributed by atoms with Crippen molar-refractivity contribution in [1.82, 2.24) is 0 Å². The molecule has 1 atom stereocenters. The zero-order chi connectivity index (χ0) is 19.1. The third kappa shape index (κ3) is 6.71. The van der Waals surface area contributed by atoms with Gasteiger partial charge in [0, 0.05) is 7.66 Å². The summed E-state index contributed by atoms with van der Waals surface area (Å²) >= 11 is 0. The highest BCUT2D eigenvalue weighted by Crippen LogP contribution is 2.28. The van der Waals surface area contributed by atoms with Crippen molar-refractivity contribution in [2.24, 2.45) is 0 Å². The van der Waals surface area contributed by atoms with Gasteiger partial charge in [-0.3, -0.25) is 10.1 Å². The van der Waals surface area contributed by atoms with Crippen LogP contribution in [-0.2, 0) is 5.60 Å². The van der Waals surface area contributed by atoms with Crippen LogP contribution in [0.3, 0.4) is 0 Å². The van der Waals surface area contributed by atoms with Crippen molar-refractivity contribution >= 4 is 0 Å². The van der Waals surface area contributed by atoms with Crippen LogP contribution < -0.4 is 0 Å². The SMILES string of the molecule is [2H]C([2H])(CCCCCCCC)C(O)(c1ccccc1)C([2H])([2H])[N+](=O)[O-]. The number of hydrogen-bond donors (Lipinski definition) is 1. The molecule has 0 aliphatic heterocycles. The highest BCUT2D eigenvalue weighted by atomic mass is 16.6. The monoisotopic (exact) mass is 297 g/mol. The standard InChI is InChI=1S/C17H27NO3/c1-2-3-4-5-6-7-11-14-17(19,15-18(20)21)16-12-9-8-10-13-16/h8-10,12-13,19H,2-7,11,14-15H2,1H3/i14D2,15D2. The highest BCUT2D eigenvalue weighted by molar-refractivity contribution is 5.22. The molecule has 1 aromatic carbocycles. The van der Waals surface area contributed by atoms with Gasteiger partial charge in [0.25, 0.3) is 0 Å². The van der Waals surface area contributed by atoms with Gasteiger partial charge in [0.2, 0.25) is 6.50 Å². The molecule has 1 rings (SSSR count). The molecule has 1 unspecified atom stereocenters. The molecule has 4 heteroatoms. The van der Waals surface area contributed by atoms with E-state index in [0.717, 1.165) is 32.1 Å². The van der Waals surface area contributed by atoms with Crippen LogP contribution in [-0.4, -0.2) is 16.5 Å². The predicted octanol–water partition coefficient (Wildman–Crippen LogP) is 4.29. The molecule has 21 heavy (non-hydrogen) atoms. The average molecular weight is 297 g/mol. The maximum Gasteiger partial charge on any atom is 0.236 e. The zero-order valence-electron chi connectivity index (χ0n) is 16.5. The lowest BCUT2D eigenvalue weighted by Gasteiger charge is -2.24. The molecule has 0 aliphatic carbocycles. The van der Waals surface area contributed by atoms with Gasteiger partial charge in [-0.1, -0.05) is 75.8 Å². The fourth-order valence-electron chi connectivity index (χ4n) is 2.19. The van der Waals surface area contributed by atoms with E-state index < -0.39 is 23.4 Å². The zero-order valence-corrected chi connectivity index (χ0v) is 12.5. The van der Waals surface area contributed by atoms with E-state index in [-0.39, 0.29) is 12.0 Å². The molecule has 0 bridgehead atoms. The fourth-order valence-corrected chi connectivity index (χ4v) is 2.19. The maximum atomic E-state index is 11.2. The minimum Gasteiger partial charge on any atom is -0.378 e. The summed E-state index contributed by atoms with van der Waals surface area (Å²) in [5, 5.41) is 22.2. The first-order valence-corrected chi connectivity index (χ1v) is 7.53. The van der Waals surface area contributed by atoms with Crippen molar-refractivity contribution in [1.29, 1.82) is 0 Å². The predicted molar refractivity (Wildman–Crippen MR) is 84.8 cm³/mol. The van der Waals surface area contributed by atoms with Crippen LogP contribution >= 0.6 is 0 Å². The molecule has 4 nitrogen and oxygen atoms in total. The lowest BCUT2D eigenvalue weighted by Crippen LogP contribution is -2.34. The molecule has 0 saturated carbocycles. The minimum atomic E-state index is -3.36. The summed E-state index contributed by atoms with van der Waals surface area (Å²) in [5.74, 6) is 0. The van der Waals surface area contributed by atoms with Crippen molar-refractivity contribution in [3.63, 3.8) is 0 Å². The van der Waals surface area contributed by atoms with Crippen molar-refractivity contribution in [3.8, 4) is 0 Å². The van der Waals surface area contributed by atoms with Gasteiger partial charge in [-0.15, -0.1) is 0 Å². The van der Waals surface area contributed by atoms with Crippen LogP contribution in [0.2, 0.25) is 0 Å². The summed E-state index contributed by atoms with van der Waals surface area (Å²) in [4.78, 5) is 9.99. The first-order chi connectivity index (χ1) is 11.6. The molecule has 1 aromatic rings. The van der Waals surface area contributed by atoms with E-state index in [2.05, 4.69) is 6.92 Å². The topological polar surface area (TPSA) is 63.4 Å². The molecule has 0 aromatic heterocycles. The fraction of sp³-hybridized carbons (Fsp3) is 0.647. The smallest absolute Gasteiger partial charge is 0.236 e. The van der Waals surface area contributed by atoms with E-state index in [1.165, 1.54) is 24.3 Å². The molecule has 0 saturated heterocycles. The second kappa shape index (κ2) is 9.50. The first kappa shape index (κ1) is 12.2. The van der Waals surface area contributed by atoms with Crippen molar-refractivity contribution in [2.45, 2.75) is 63.8 Å². The molecule has 0 amide bonds. The molecule has 0 aliphatic rings. The van der Waals surface area contributed by atoms with Crippen LogP contribution in [0.5, 0.6) is 0 Å². The number of rotatable bonds is 11. The van der Waals surface area contributed by atoms with E-state index in [0.29, 0.717) is 6.42 Å². The minimum absolute atomic E-state index is 0.132. The Morgan fingerprint density at radius 3 is 2.29 bits per heavy atom. The summed E-state index contributed by atoms with van der Waals surface area (Å²) < 4.78 is 32.1. The van der Waals surface area contributed by atoms with Gasteiger partial charge in [-0.05, 0) is 18.4 Å². The lowest BCUT2D eigenvalue weighted by molar-refractivity contribution is -0.503. The highest BCUT2D eigenvalue weighted by Gasteiger charge is 2.34. The Labute approximate surface area is 133 Å². The van der Waals surface area contributed by atoms with E-state index in [4.69, 9.17) is 5.48 Å². The molecule has 0 spiro atoms. The average Bonchev–Trinajstić information content (AvgIpc) is 2.57. The quantitative estimate of drug-likeness (QED) is 0.376. The van der Waals surface area contributed by atoms with Gasteiger partial charge in [-0.25, -0.2) is 0 Å². The summed E-state index contributed by atoms with van der Waals surface area (Å²) in [6.07, 6.45) is 2.69. The van der Waals surface area contributed by atoms with Crippen LogP contribution in [0.1, 0.15) is 69.3 Å². The van der Waals surface area contributed by atoms with Gasteiger partial charge in [0.05, 0.1) is 0 Å². The second-order valence-corrected chi connectivity index (χ2v) is 5.14. The van der Waals surface area contributed by atoms with Gasteiger partial charge < -0.3 is 5.11 Å². The van der Waals surface area contributed by atoms with Crippen LogP contribution in [0, 0.1) is 10.1 Å². The molecular weight excluding hydrogens is 266 g/mol. The van der Waals surface area contributed by atoms with Crippen LogP contribution in [0.25, 0.3) is 0 Å². The van der Waals surface area contributed by atoms with Gasteiger partial charge in [0.1, 0.15) is 2.74 Å². The Kier molecular flexibility index (Phi) is 5.50. The van der Waals surface area contributed by atoms with Gasteiger partial charge in [-0.2, -0.15) is 0 Å². The van der Waals surface area contributed by atoms with E-state index in [1.807, 2.05) is 0 Å². The normalized spacial score (nSPS) is 18.0. The van der Waals surface area contributed by atoms with E-state index >= 15 is 0 Å². The number of aliphatic hydroxyl groups is 1. The Morgan fingerprint density at radius 2 is 1.71 bits per heavy atom. The largest absolute Gasteiger partial charge is 0.378 e. The van der Waals surface area contributed by atoms with Gasteiger partial charge >= 0.3 is 0 Å². The number of hydrogen-bond acceptors (Lipinski definition) is 3. The molecule has 118 valence electrons. The molecule has 0 heterocycles. The number of nitro groups is 1. The lowest BCUT2D eigenvalue weighted by atomic mass is 9.88.